The molecule has 0 aliphatic carbocycles. The van der Waals surface area contributed by atoms with E-state index in [1.54, 1.807) is 0 Å². The summed E-state index contributed by atoms with van der Waals surface area (Å²) in [6.07, 6.45) is 1.53. The van der Waals surface area contributed by atoms with E-state index in [9.17, 15) is 0 Å². The molecule has 0 aromatic carbocycles. The number of rotatable bonds is 5. The summed E-state index contributed by atoms with van der Waals surface area (Å²) in [5, 5.41) is 3.30. The van der Waals surface area contributed by atoms with Gasteiger partial charge in [0.1, 0.15) is 0 Å². The second-order valence-electron chi connectivity index (χ2n) is 3.58. The van der Waals surface area contributed by atoms with Gasteiger partial charge in [-0.25, -0.2) is 0 Å². The van der Waals surface area contributed by atoms with Gasteiger partial charge in [0.25, 0.3) is 0 Å². The number of ether oxygens (including phenoxy) is 2. The molecule has 78 valence electrons. The zero-order chi connectivity index (χ0) is 9.68. The molecule has 0 amide bonds. The van der Waals surface area contributed by atoms with Crippen molar-refractivity contribution in [2.45, 2.75) is 32.4 Å². The standard InChI is InChI=1S/C10H21NO2/c1-4-12-7-10(11-3)9-5-6-13-8(9)2/h8-11H,4-7H2,1-3H3. The first kappa shape index (κ1) is 11.0. The Kier molecular flexibility index (Phi) is 4.70. The Bertz CT molecular complexity index is 141. The van der Waals surface area contributed by atoms with Crippen LogP contribution in [0.4, 0.5) is 0 Å². The van der Waals surface area contributed by atoms with Crippen molar-refractivity contribution in [1.29, 1.82) is 0 Å². The van der Waals surface area contributed by atoms with Crippen LogP contribution in [0.2, 0.25) is 0 Å². The molecule has 1 aliphatic heterocycles. The summed E-state index contributed by atoms with van der Waals surface area (Å²) in [7, 11) is 1.99. The highest BCUT2D eigenvalue weighted by Gasteiger charge is 2.30. The van der Waals surface area contributed by atoms with Gasteiger partial charge in [0.2, 0.25) is 0 Å². The minimum absolute atomic E-state index is 0.373. The first-order valence-corrected chi connectivity index (χ1v) is 5.16. The van der Waals surface area contributed by atoms with Gasteiger partial charge in [-0.15, -0.1) is 0 Å². The summed E-state index contributed by atoms with van der Waals surface area (Å²) in [5.74, 6) is 0.608. The lowest BCUT2D eigenvalue weighted by molar-refractivity contribution is 0.0650. The Morgan fingerprint density at radius 3 is 2.85 bits per heavy atom. The van der Waals surface area contributed by atoms with E-state index in [-0.39, 0.29) is 0 Å². The highest BCUT2D eigenvalue weighted by atomic mass is 16.5. The van der Waals surface area contributed by atoms with Gasteiger partial charge in [-0.3, -0.25) is 0 Å². The van der Waals surface area contributed by atoms with Gasteiger partial charge >= 0.3 is 0 Å². The van der Waals surface area contributed by atoms with Crippen LogP contribution < -0.4 is 5.32 Å². The first-order chi connectivity index (χ1) is 6.29. The van der Waals surface area contributed by atoms with E-state index in [0.29, 0.717) is 18.1 Å². The fourth-order valence-electron chi connectivity index (χ4n) is 1.94. The molecule has 0 saturated carbocycles. The summed E-state index contributed by atoms with van der Waals surface area (Å²) in [5.41, 5.74) is 0. The van der Waals surface area contributed by atoms with Crippen molar-refractivity contribution >= 4 is 0 Å². The molecule has 1 fully saturated rings. The molecule has 0 bridgehead atoms. The lowest BCUT2D eigenvalue weighted by Gasteiger charge is -2.24. The van der Waals surface area contributed by atoms with E-state index >= 15 is 0 Å². The predicted molar refractivity (Wildman–Crippen MR) is 52.9 cm³/mol. The van der Waals surface area contributed by atoms with Gasteiger partial charge in [-0.1, -0.05) is 0 Å². The predicted octanol–water partition coefficient (Wildman–Crippen LogP) is 1.04. The van der Waals surface area contributed by atoms with Crippen LogP contribution in [0.5, 0.6) is 0 Å². The molecule has 1 heterocycles. The average Bonchev–Trinajstić information content (AvgIpc) is 2.54. The van der Waals surface area contributed by atoms with E-state index in [0.717, 1.165) is 26.2 Å². The summed E-state index contributed by atoms with van der Waals surface area (Å²) in [6.45, 7) is 6.66. The molecule has 1 saturated heterocycles. The Morgan fingerprint density at radius 1 is 1.62 bits per heavy atom. The van der Waals surface area contributed by atoms with Crippen molar-refractivity contribution in [1.82, 2.24) is 5.32 Å². The molecule has 1 N–H and O–H groups in total. The van der Waals surface area contributed by atoms with E-state index < -0.39 is 0 Å². The maximum absolute atomic E-state index is 5.53. The lowest BCUT2D eigenvalue weighted by atomic mass is 9.94. The van der Waals surface area contributed by atoms with Crippen LogP contribution in [0, 0.1) is 5.92 Å². The zero-order valence-corrected chi connectivity index (χ0v) is 8.88. The van der Waals surface area contributed by atoms with E-state index in [4.69, 9.17) is 9.47 Å². The van der Waals surface area contributed by atoms with Gasteiger partial charge in [0.05, 0.1) is 12.7 Å². The fourth-order valence-corrected chi connectivity index (χ4v) is 1.94. The molecule has 13 heavy (non-hydrogen) atoms. The molecule has 3 unspecified atom stereocenters. The van der Waals surface area contributed by atoms with Gasteiger partial charge in [-0.2, -0.15) is 0 Å². The van der Waals surface area contributed by atoms with Crippen LogP contribution in [0.15, 0.2) is 0 Å². The lowest BCUT2D eigenvalue weighted by Crippen LogP contribution is -2.40. The van der Waals surface area contributed by atoms with Crippen LogP contribution in [0.1, 0.15) is 20.3 Å². The number of likely N-dealkylation sites (N-methyl/N-ethyl adjacent to an activating group) is 1. The Labute approximate surface area is 80.8 Å². The minimum Gasteiger partial charge on any atom is -0.380 e. The normalized spacial score (nSPS) is 30.7. The Balaban J connectivity index is 2.35. The zero-order valence-electron chi connectivity index (χ0n) is 8.88. The summed E-state index contributed by atoms with van der Waals surface area (Å²) < 4.78 is 11.0. The third-order valence-electron chi connectivity index (χ3n) is 2.82. The van der Waals surface area contributed by atoms with Crippen molar-refractivity contribution in [2.24, 2.45) is 5.92 Å². The van der Waals surface area contributed by atoms with E-state index in [2.05, 4.69) is 12.2 Å². The molecular formula is C10H21NO2. The molecule has 0 radical (unpaired) electrons. The average molecular weight is 187 g/mol. The van der Waals surface area contributed by atoms with Gasteiger partial charge in [0.15, 0.2) is 0 Å². The number of nitrogens with one attached hydrogen (secondary N) is 1. The highest BCUT2D eigenvalue weighted by molar-refractivity contribution is 4.83. The monoisotopic (exact) mass is 187 g/mol. The smallest absolute Gasteiger partial charge is 0.0623 e. The second kappa shape index (κ2) is 5.58. The fraction of sp³-hybridized carbons (Fsp3) is 1.00. The molecule has 3 heteroatoms. The van der Waals surface area contributed by atoms with E-state index in [1.165, 1.54) is 0 Å². The Morgan fingerprint density at radius 2 is 2.38 bits per heavy atom. The largest absolute Gasteiger partial charge is 0.380 e. The molecule has 0 aromatic rings. The number of hydrogen-bond donors (Lipinski definition) is 1. The van der Waals surface area contributed by atoms with Crippen LogP contribution >= 0.6 is 0 Å². The van der Waals surface area contributed by atoms with Crippen LogP contribution in [0.3, 0.4) is 0 Å². The number of hydrogen-bond acceptors (Lipinski definition) is 3. The quantitative estimate of drug-likeness (QED) is 0.697. The minimum atomic E-state index is 0.373. The third kappa shape index (κ3) is 2.93. The molecular weight excluding hydrogens is 166 g/mol. The van der Waals surface area contributed by atoms with Gasteiger partial charge < -0.3 is 14.8 Å². The topological polar surface area (TPSA) is 30.5 Å². The SMILES string of the molecule is CCOCC(NC)C1CCOC1C. The van der Waals surface area contributed by atoms with Crippen molar-refractivity contribution < 1.29 is 9.47 Å². The maximum atomic E-state index is 5.53. The van der Waals surface area contributed by atoms with Crippen molar-refractivity contribution in [3.63, 3.8) is 0 Å². The Hall–Kier alpha value is -0.120. The molecule has 3 nitrogen and oxygen atoms in total. The summed E-state index contributed by atoms with van der Waals surface area (Å²) >= 11 is 0. The van der Waals surface area contributed by atoms with Crippen LogP contribution in [0.25, 0.3) is 0 Å². The maximum Gasteiger partial charge on any atom is 0.0623 e. The van der Waals surface area contributed by atoms with Crippen LogP contribution in [-0.4, -0.2) is 39.0 Å². The summed E-state index contributed by atoms with van der Waals surface area (Å²) in [6, 6.07) is 0.442. The molecule has 3 atom stereocenters. The molecule has 1 rings (SSSR count). The molecule has 1 aliphatic rings. The van der Waals surface area contributed by atoms with Gasteiger partial charge in [0, 0.05) is 25.2 Å². The highest BCUT2D eigenvalue weighted by Crippen LogP contribution is 2.23. The second-order valence-corrected chi connectivity index (χ2v) is 3.58. The van der Waals surface area contributed by atoms with Crippen molar-refractivity contribution in [2.75, 3.05) is 26.9 Å². The van der Waals surface area contributed by atoms with Crippen molar-refractivity contribution in [3.8, 4) is 0 Å². The third-order valence-corrected chi connectivity index (χ3v) is 2.82. The van der Waals surface area contributed by atoms with Crippen LogP contribution in [-0.2, 0) is 9.47 Å². The van der Waals surface area contributed by atoms with E-state index in [1.807, 2.05) is 14.0 Å². The van der Waals surface area contributed by atoms with Crippen molar-refractivity contribution in [3.05, 3.63) is 0 Å². The molecule has 0 aromatic heterocycles. The summed E-state index contributed by atoms with van der Waals surface area (Å²) in [4.78, 5) is 0. The van der Waals surface area contributed by atoms with Gasteiger partial charge in [-0.05, 0) is 27.3 Å². The first-order valence-electron chi connectivity index (χ1n) is 5.16. The molecule has 0 spiro atoms.